The van der Waals surface area contributed by atoms with Crippen molar-refractivity contribution in [1.82, 2.24) is 5.16 Å². The second kappa shape index (κ2) is 3.78. The Balaban J connectivity index is 2.33. The number of hydrogen-bond donors (Lipinski definition) is 1. The number of nitrogens with zero attached hydrogens (tertiary/aromatic N) is 1. The van der Waals surface area contributed by atoms with Crippen LogP contribution in [0.3, 0.4) is 0 Å². The molecule has 1 aliphatic rings. The first-order valence-electron chi connectivity index (χ1n) is 5.41. The zero-order valence-electron chi connectivity index (χ0n) is 9.37. The Morgan fingerprint density at radius 2 is 2.00 bits per heavy atom. The highest BCUT2D eigenvalue weighted by Gasteiger charge is 2.51. The molecule has 1 saturated carbocycles. The van der Waals surface area contributed by atoms with E-state index >= 15 is 0 Å². The summed E-state index contributed by atoms with van der Waals surface area (Å²) in [4.78, 5) is 11.4. The Kier molecular flexibility index (Phi) is 2.67. The number of hydrogen-bond acceptors (Lipinski definition) is 3. The van der Waals surface area contributed by atoms with E-state index in [1.54, 1.807) is 6.92 Å². The summed E-state index contributed by atoms with van der Waals surface area (Å²) >= 11 is 0. The first-order chi connectivity index (χ1) is 7.86. The Morgan fingerprint density at radius 3 is 2.41 bits per heavy atom. The van der Waals surface area contributed by atoms with Crippen LogP contribution < -0.4 is 0 Å². The molecule has 1 fully saturated rings. The van der Waals surface area contributed by atoms with Gasteiger partial charge < -0.3 is 9.63 Å². The summed E-state index contributed by atoms with van der Waals surface area (Å²) in [6.07, 6.45) is -1.11. The van der Waals surface area contributed by atoms with Crippen molar-refractivity contribution in [3.8, 4) is 0 Å². The molecule has 0 aliphatic heterocycles. The quantitative estimate of drug-likeness (QED) is 0.869. The first-order valence-corrected chi connectivity index (χ1v) is 5.41. The van der Waals surface area contributed by atoms with Crippen LogP contribution in [0.25, 0.3) is 0 Å². The number of rotatable bonds is 2. The van der Waals surface area contributed by atoms with Crippen LogP contribution in [0, 0.1) is 6.92 Å². The number of carboxylic acid groups (broad SMARTS) is 1. The van der Waals surface area contributed by atoms with E-state index in [0.717, 1.165) is 0 Å². The molecule has 1 heterocycles. The van der Waals surface area contributed by atoms with E-state index in [1.165, 1.54) is 6.07 Å². The normalized spacial score (nSPS) is 22.3. The minimum atomic E-state index is -2.77. The monoisotopic (exact) mass is 245 g/mol. The van der Waals surface area contributed by atoms with Crippen molar-refractivity contribution in [3.05, 3.63) is 17.5 Å². The minimum Gasteiger partial charge on any atom is -0.480 e. The van der Waals surface area contributed by atoms with Crippen molar-refractivity contribution < 1.29 is 23.2 Å². The molecule has 1 aromatic heterocycles. The molecule has 0 radical (unpaired) electrons. The van der Waals surface area contributed by atoms with Crippen molar-refractivity contribution in [2.75, 3.05) is 0 Å². The zero-order chi connectivity index (χ0) is 12.7. The molecule has 1 aromatic rings. The van der Waals surface area contributed by atoms with Gasteiger partial charge in [0.15, 0.2) is 5.76 Å². The van der Waals surface area contributed by atoms with Crippen LogP contribution in [0.1, 0.15) is 37.1 Å². The van der Waals surface area contributed by atoms with Gasteiger partial charge in [0.25, 0.3) is 0 Å². The number of alkyl halides is 2. The molecule has 4 nitrogen and oxygen atoms in total. The van der Waals surface area contributed by atoms with E-state index in [2.05, 4.69) is 5.16 Å². The molecule has 0 saturated heterocycles. The molecule has 0 aromatic carbocycles. The Hall–Kier alpha value is -1.46. The van der Waals surface area contributed by atoms with Crippen LogP contribution >= 0.6 is 0 Å². The highest BCUT2D eigenvalue weighted by molar-refractivity contribution is 5.80. The molecule has 94 valence electrons. The number of aryl methyl sites for hydroxylation is 1. The molecule has 1 aliphatic carbocycles. The smallest absolute Gasteiger partial charge is 0.317 e. The summed E-state index contributed by atoms with van der Waals surface area (Å²) in [5, 5.41) is 12.9. The van der Waals surface area contributed by atoms with Crippen molar-refractivity contribution in [3.63, 3.8) is 0 Å². The van der Waals surface area contributed by atoms with E-state index in [1.807, 2.05) is 0 Å². The lowest BCUT2D eigenvalue weighted by Crippen LogP contribution is -2.42. The van der Waals surface area contributed by atoms with E-state index in [-0.39, 0.29) is 18.6 Å². The maximum absolute atomic E-state index is 13.1. The largest absolute Gasteiger partial charge is 0.480 e. The number of halogens is 2. The van der Waals surface area contributed by atoms with Gasteiger partial charge in [0.2, 0.25) is 5.92 Å². The summed E-state index contributed by atoms with van der Waals surface area (Å²) in [5.41, 5.74) is -0.791. The van der Waals surface area contributed by atoms with Gasteiger partial charge >= 0.3 is 5.97 Å². The number of aromatic nitrogens is 1. The Labute approximate surface area is 96.6 Å². The third-order valence-electron chi connectivity index (χ3n) is 3.34. The van der Waals surface area contributed by atoms with Crippen molar-refractivity contribution >= 4 is 5.97 Å². The predicted molar refractivity (Wildman–Crippen MR) is 54.0 cm³/mol. The minimum absolute atomic E-state index is 0.121. The summed E-state index contributed by atoms with van der Waals surface area (Å²) in [6.45, 7) is 1.67. The summed E-state index contributed by atoms with van der Waals surface area (Å²) in [6, 6.07) is 1.51. The fraction of sp³-hybridized carbons (Fsp3) is 0.636. The lowest BCUT2D eigenvalue weighted by atomic mass is 9.71. The van der Waals surface area contributed by atoms with Crippen LogP contribution in [-0.4, -0.2) is 22.2 Å². The standard InChI is InChI=1S/C11H13F2NO3/c1-7-6-8(17-14-7)10(9(15)16)2-4-11(12,13)5-3-10/h6H,2-5H2,1H3,(H,15,16). The Morgan fingerprint density at radius 1 is 1.41 bits per heavy atom. The molecular weight excluding hydrogens is 232 g/mol. The topological polar surface area (TPSA) is 63.3 Å². The van der Waals surface area contributed by atoms with E-state index in [9.17, 15) is 18.7 Å². The van der Waals surface area contributed by atoms with Crippen LogP contribution in [0.15, 0.2) is 10.6 Å². The number of carbonyl (C=O) groups is 1. The van der Waals surface area contributed by atoms with E-state index in [0.29, 0.717) is 5.69 Å². The highest BCUT2D eigenvalue weighted by atomic mass is 19.3. The number of aliphatic carboxylic acids is 1. The molecule has 6 heteroatoms. The number of carboxylic acids is 1. The van der Waals surface area contributed by atoms with E-state index in [4.69, 9.17) is 4.52 Å². The van der Waals surface area contributed by atoms with Gasteiger partial charge in [0.05, 0.1) is 5.69 Å². The van der Waals surface area contributed by atoms with Crippen molar-refractivity contribution in [1.29, 1.82) is 0 Å². The molecule has 1 N–H and O–H groups in total. The zero-order valence-corrected chi connectivity index (χ0v) is 9.37. The maximum Gasteiger partial charge on any atom is 0.317 e. The molecule has 0 bridgehead atoms. The first kappa shape index (κ1) is 12.0. The fourth-order valence-corrected chi connectivity index (χ4v) is 2.20. The lowest BCUT2D eigenvalue weighted by Gasteiger charge is -2.34. The van der Waals surface area contributed by atoms with Crippen LogP contribution in [-0.2, 0) is 10.2 Å². The highest BCUT2D eigenvalue weighted by Crippen LogP contribution is 2.45. The van der Waals surface area contributed by atoms with Crippen LogP contribution in [0.4, 0.5) is 8.78 Å². The van der Waals surface area contributed by atoms with Gasteiger partial charge in [-0.3, -0.25) is 4.79 Å². The van der Waals surface area contributed by atoms with Gasteiger partial charge in [-0.05, 0) is 19.8 Å². The summed E-state index contributed by atoms with van der Waals surface area (Å²) < 4.78 is 31.1. The molecule has 0 atom stereocenters. The lowest BCUT2D eigenvalue weighted by molar-refractivity contribution is -0.150. The van der Waals surface area contributed by atoms with Gasteiger partial charge in [-0.25, -0.2) is 8.78 Å². The molecule has 0 unspecified atom stereocenters. The average molecular weight is 245 g/mol. The molecule has 2 rings (SSSR count). The van der Waals surface area contributed by atoms with Gasteiger partial charge in [-0.15, -0.1) is 0 Å². The third-order valence-corrected chi connectivity index (χ3v) is 3.34. The van der Waals surface area contributed by atoms with Crippen molar-refractivity contribution in [2.24, 2.45) is 0 Å². The molecular formula is C11H13F2NO3. The van der Waals surface area contributed by atoms with Crippen LogP contribution in [0.2, 0.25) is 0 Å². The van der Waals surface area contributed by atoms with Gasteiger partial charge in [0, 0.05) is 18.9 Å². The average Bonchev–Trinajstić information content (AvgIpc) is 2.65. The summed E-state index contributed by atoms with van der Waals surface area (Å²) in [7, 11) is 0. The SMILES string of the molecule is Cc1cc(C2(C(=O)O)CCC(F)(F)CC2)on1. The fourth-order valence-electron chi connectivity index (χ4n) is 2.20. The molecule has 0 amide bonds. The van der Waals surface area contributed by atoms with Gasteiger partial charge in [-0.2, -0.15) is 0 Å². The molecule has 0 spiro atoms. The summed E-state index contributed by atoms with van der Waals surface area (Å²) in [5.74, 6) is -3.71. The van der Waals surface area contributed by atoms with Crippen molar-refractivity contribution in [2.45, 2.75) is 43.9 Å². The molecule has 17 heavy (non-hydrogen) atoms. The second-order valence-electron chi connectivity index (χ2n) is 4.58. The Bertz CT molecular complexity index is 432. The maximum atomic E-state index is 13.1. The second-order valence-corrected chi connectivity index (χ2v) is 4.58. The van der Waals surface area contributed by atoms with Gasteiger partial charge in [0.1, 0.15) is 5.41 Å². The van der Waals surface area contributed by atoms with Crippen LogP contribution in [0.5, 0.6) is 0 Å². The predicted octanol–water partition coefficient (Wildman–Crippen LogP) is 2.51. The van der Waals surface area contributed by atoms with E-state index < -0.39 is 30.1 Å². The third kappa shape index (κ3) is 2.03. The van der Waals surface area contributed by atoms with Gasteiger partial charge in [-0.1, -0.05) is 5.16 Å².